The number of carbonyl (C=O) groups excluding carboxylic acids is 1. The minimum Gasteiger partial charge on any atom is -0.477 e. The molecule has 6 heteroatoms. The van der Waals surface area contributed by atoms with Gasteiger partial charge in [-0.1, -0.05) is 24.0 Å². The Morgan fingerprint density at radius 3 is 2.78 bits per heavy atom. The molecule has 2 heterocycles. The molecule has 4 nitrogen and oxygen atoms in total. The van der Waals surface area contributed by atoms with Crippen LogP contribution in [0, 0.1) is 0 Å². The fourth-order valence-corrected chi connectivity index (χ4v) is 3.19. The van der Waals surface area contributed by atoms with Gasteiger partial charge in [0.15, 0.2) is 5.88 Å². The summed E-state index contributed by atoms with van der Waals surface area (Å²) in [5, 5.41) is 0. The molecule has 18 heavy (non-hydrogen) atoms. The van der Waals surface area contributed by atoms with Crippen molar-refractivity contribution >= 4 is 34.2 Å². The van der Waals surface area contributed by atoms with Crippen LogP contribution in [0.3, 0.4) is 0 Å². The maximum atomic E-state index is 12.0. The highest BCUT2D eigenvalue weighted by Crippen LogP contribution is 2.30. The second kappa shape index (κ2) is 5.75. The third-order valence-corrected chi connectivity index (χ3v) is 4.27. The number of allylic oxidation sites excluding steroid dienone is 2. The van der Waals surface area contributed by atoms with E-state index in [0.29, 0.717) is 22.4 Å². The van der Waals surface area contributed by atoms with Crippen molar-refractivity contribution in [3.63, 3.8) is 0 Å². The third kappa shape index (κ3) is 2.54. The molecule has 2 saturated heterocycles. The SMILES string of the molecule is CCN1CCOC1=CC=C1SC(=S)N(CC)C1=O. The van der Waals surface area contributed by atoms with Crippen LogP contribution in [0.1, 0.15) is 13.8 Å². The Bertz CT molecular complexity index is 432. The number of likely N-dealkylation sites (N-methyl/N-ethyl adjacent to an activating group) is 2. The summed E-state index contributed by atoms with van der Waals surface area (Å²) in [7, 11) is 0. The monoisotopic (exact) mass is 284 g/mol. The third-order valence-electron chi connectivity index (χ3n) is 2.87. The maximum absolute atomic E-state index is 12.0. The van der Waals surface area contributed by atoms with Gasteiger partial charge in [0.25, 0.3) is 5.91 Å². The molecule has 2 rings (SSSR count). The molecule has 0 aliphatic carbocycles. The van der Waals surface area contributed by atoms with Gasteiger partial charge in [0, 0.05) is 13.1 Å². The van der Waals surface area contributed by atoms with E-state index in [4.69, 9.17) is 17.0 Å². The molecule has 0 aromatic rings. The highest BCUT2D eigenvalue weighted by atomic mass is 32.2. The van der Waals surface area contributed by atoms with Crippen LogP contribution >= 0.6 is 24.0 Å². The van der Waals surface area contributed by atoms with Crippen molar-refractivity contribution in [2.24, 2.45) is 0 Å². The van der Waals surface area contributed by atoms with E-state index in [9.17, 15) is 4.79 Å². The normalized spacial score (nSPS) is 24.6. The molecule has 0 radical (unpaired) electrons. The first-order valence-corrected chi connectivity index (χ1v) is 7.23. The minimum absolute atomic E-state index is 0.00889. The van der Waals surface area contributed by atoms with Crippen molar-refractivity contribution in [1.29, 1.82) is 0 Å². The summed E-state index contributed by atoms with van der Waals surface area (Å²) in [5.74, 6) is 0.824. The number of hydrogen-bond donors (Lipinski definition) is 0. The maximum Gasteiger partial charge on any atom is 0.266 e. The van der Waals surface area contributed by atoms with E-state index in [0.717, 1.165) is 19.0 Å². The standard InChI is InChI=1S/C12H16N2O2S2/c1-3-13-7-8-16-10(13)6-5-9-11(15)14(4-2)12(17)18-9/h5-6H,3-4,7-8H2,1-2H3. The molecule has 1 amide bonds. The first-order chi connectivity index (χ1) is 8.67. The largest absolute Gasteiger partial charge is 0.477 e. The molecular formula is C12H16N2O2S2. The summed E-state index contributed by atoms with van der Waals surface area (Å²) < 4.78 is 6.14. The van der Waals surface area contributed by atoms with Crippen LogP contribution in [0.5, 0.6) is 0 Å². The van der Waals surface area contributed by atoms with E-state index in [2.05, 4.69) is 11.8 Å². The number of rotatable bonds is 3. The highest BCUT2D eigenvalue weighted by Gasteiger charge is 2.30. The van der Waals surface area contributed by atoms with Crippen LogP contribution in [0.2, 0.25) is 0 Å². The predicted octanol–water partition coefficient (Wildman–Crippen LogP) is 1.94. The Balaban J connectivity index is 2.13. The molecule has 0 saturated carbocycles. The summed E-state index contributed by atoms with van der Waals surface area (Å²) in [6, 6.07) is 0. The lowest BCUT2D eigenvalue weighted by Gasteiger charge is -2.13. The van der Waals surface area contributed by atoms with Crippen molar-refractivity contribution in [3.8, 4) is 0 Å². The smallest absolute Gasteiger partial charge is 0.266 e. The number of thiocarbonyl (C=S) groups is 1. The van der Waals surface area contributed by atoms with Gasteiger partial charge in [-0.25, -0.2) is 0 Å². The summed E-state index contributed by atoms with van der Waals surface area (Å²) in [4.78, 5) is 16.4. The molecule has 98 valence electrons. The van der Waals surface area contributed by atoms with Gasteiger partial charge in [-0.05, 0) is 26.0 Å². The lowest BCUT2D eigenvalue weighted by atomic mass is 10.4. The number of carbonyl (C=O) groups is 1. The number of hydrogen-bond acceptors (Lipinski definition) is 5. The van der Waals surface area contributed by atoms with Gasteiger partial charge in [-0.3, -0.25) is 9.69 Å². The fraction of sp³-hybridized carbons (Fsp3) is 0.500. The van der Waals surface area contributed by atoms with Gasteiger partial charge in [0.2, 0.25) is 0 Å². The second-order valence-corrected chi connectivity index (χ2v) is 5.56. The summed E-state index contributed by atoms with van der Waals surface area (Å²) >= 11 is 6.50. The van der Waals surface area contributed by atoms with E-state index in [1.54, 1.807) is 11.0 Å². The Kier molecular flexibility index (Phi) is 4.29. The Hall–Kier alpha value is -1.01. The van der Waals surface area contributed by atoms with Crippen molar-refractivity contribution in [3.05, 3.63) is 22.9 Å². The molecule has 0 unspecified atom stereocenters. The Morgan fingerprint density at radius 1 is 1.39 bits per heavy atom. The first-order valence-electron chi connectivity index (χ1n) is 6.00. The van der Waals surface area contributed by atoms with Gasteiger partial charge in [-0.15, -0.1) is 0 Å². The number of ether oxygens (including phenoxy) is 1. The molecule has 2 aliphatic rings. The van der Waals surface area contributed by atoms with Crippen molar-refractivity contribution in [1.82, 2.24) is 9.80 Å². The van der Waals surface area contributed by atoms with Gasteiger partial charge in [-0.2, -0.15) is 0 Å². The quantitative estimate of drug-likeness (QED) is 0.584. The molecule has 0 spiro atoms. The Morgan fingerprint density at radius 2 is 2.17 bits per heavy atom. The zero-order valence-corrected chi connectivity index (χ0v) is 12.1. The highest BCUT2D eigenvalue weighted by molar-refractivity contribution is 8.26. The summed E-state index contributed by atoms with van der Waals surface area (Å²) in [5.41, 5.74) is 0. The second-order valence-electron chi connectivity index (χ2n) is 3.88. The van der Waals surface area contributed by atoms with E-state index in [1.165, 1.54) is 11.8 Å². The molecule has 0 atom stereocenters. The molecule has 2 fully saturated rings. The average molecular weight is 284 g/mol. The van der Waals surface area contributed by atoms with E-state index in [1.807, 2.05) is 13.0 Å². The molecule has 0 aromatic carbocycles. The lowest BCUT2D eigenvalue weighted by Crippen LogP contribution is -2.27. The zero-order valence-electron chi connectivity index (χ0n) is 10.5. The van der Waals surface area contributed by atoms with Crippen LogP contribution < -0.4 is 0 Å². The number of amides is 1. The zero-order chi connectivity index (χ0) is 13.1. The van der Waals surface area contributed by atoms with E-state index >= 15 is 0 Å². The summed E-state index contributed by atoms with van der Waals surface area (Å²) in [6.07, 6.45) is 3.66. The van der Waals surface area contributed by atoms with E-state index in [-0.39, 0.29) is 5.91 Å². The van der Waals surface area contributed by atoms with Crippen molar-refractivity contribution < 1.29 is 9.53 Å². The van der Waals surface area contributed by atoms with Crippen LogP contribution in [-0.4, -0.2) is 46.3 Å². The first kappa shape index (κ1) is 13.4. The van der Waals surface area contributed by atoms with Gasteiger partial charge < -0.3 is 9.64 Å². The molecule has 0 aromatic heterocycles. The molecule has 0 bridgehead atoms. The number of nitrogens with zero attached hydrogens (tertiary/aromatic N) is 2. The molecule has 2 aliphatic heterocycles. The Labute approximate surface area is 117 Å². The average Bonchev–Trinajstić information content (AvgIpc) is 2.91. The van der Waals surface area contributed by atoms with Gasteiger partial charge >= 0.3 is 0 Å². The predicted molar refractivity (Wildman–Crippen MR) is 76.9 cm³/mol. The van der Waals surface area contributed by atoms with Gasteiger partial charge in [0.05, 0.1) is 11.4 Å². The minimum atomic E-state index is -0.00889. The summed E-state index contributed by atoms with van der Waals surface area (Å²) in [6.45, 7) is 7.16. The number of thioether (sulfide) groups is 1. The molecule has 0 N–H and O–H groups in total. The topological polar surface area (TPSA) is 32.8 Å². The van der Waals surface area contributed by atoms with Crippen LogP contribution in [0.4, 0.5) is 0 Å². The van der Waals surface area contributed by atoms with Crippen LogP contribution in [0.15, 0.2) is 22.9 Å². The lowest BCUT2D eigenvalue weighted by molar-refractivity contribution is -0.122. The van der Waals surface area contributed by atoms with E-state index < -0.39 is 0 Å². The van der Waals surface area contributed by atoms with Crippen LogP contribution in [0.25, 0.3) is 0 Å². The van der Waals surface area contributed by atoms with Gasteiger partial charge in [0.1, 0.15) is 10.9 Å². The van der Waals surface area contributed by atoms with Crippen LogP contribution in [-0.2, 0) is 9.53 Å². The van der Waals surface area contributed by atoms with Crippen molar-refractivity contribution in [2.75, 3.05) is 26.2 Å². The molecular weight excluding hydrogens is 268 g/mol. The van der Waals surface area contributed by atoms with Crippen molar-refractivity contribution in [2.45, 2.75) is 13.8 Å². The fourth-order valence-electron chi connectivity index (χ4n) is 1.86.